The Labute approximate surface area is 267 Å². The molecule has 4 atom stereocenters. The Kier molecular flexibility index (Phi) is 17.0. The monoisotopic (exact) mass is 893 g/mol. The van der Waals surface area contributed by atoms with E-state index in [1.807, 2.05) is 67.8 Å². The molecule has 0 saturated carbocycles. The zero-order chi connectivity index (χ0) is 29.9. The van der Waals surface area contributed by atoms with Crippen LogP contribution >= 0.6 is 67.8 Å². The summed E-state index contributed by atoms with van der Waals surface area (Å²) in [5.74, 6) is -1.76. The van der Waals surface area contributed by atoms with Crippen LogP contribution in [0, 0.1) is 10.7 Å². The highest BCUT2D eigenvalue weighted by atomic mass is 127. The molecule has 0 radical (unpaired) electrons. The lowest BCUT2D eigenvalue weighted by atomic mass is 10.0. The zero-order valence-electron chi connectivity index (χ0n) is 21.4. The maximum atomic E-state index is 13.5. The second-order valence-electron chi connectivity index (χ2n) is 8.55. The lowest BCUT2D eigenvalue weighted by Crippen LogP contribution is -2.43. The summed E-state index contributed by atoms with van der Waals surface area (Å²) in [7, 11) is 1.46. The van der Waals surface area contributed by atoms with Crippen molar-refractivity contribution in [2.45, 2.75) is 44.1 Å². The summed E-state index contributed by atoms with van der Waals surface area (Å²) in [5.41, 5.74) is 0.352. The Balaban J connectivity index is 3.75. The number of methoxy groups -OCH3 is 1. The van der Waals surface area contributed by atoms with Gasteiger partial charge in [0.2, 0.25) is 5.91 Å². The van der Waals surface area contributed by atoms with Crippen molar-refractivity contribution in [2.75, 3.05) is 51.6 Å². The van der Waals surface area contributed by atoms with Crippen LogP contribution in [0.1, 0.15) is 40.5 Å². The highest BCUT2D eigenvalue weighted by Crippen LogP contribution is 2.38. The van der Waals surface area contributed by atoms with Crippen molar-refractivity contribution in [3.8, 4) is 0 Å². The number of amides is 3. The van der Waals surface area contributed by atoms with Crippen molar-refractivity contribution in [1.29, 1.82) is 0 Å². The lowest BCUT2D eigenvalue weighted by molar-refractivity contribution is -0.116. The molecule has 0 fully saturated rings. The zero-order valence-corrected chi connectivity index (χ0v) is 27.8. The highest BCUT2D eigenvalue weighted by Gasteiger charge is 2.32. The molecule has 0 saturated heterocycles. The minimum absolute atomic E-state index is 0.0355. The Morgan fingerprint density at radius 3 is 1.51 bits per heavy atom. The first kappa shape index (κ1) is 36.6. The predicted octanol–water partition coefficient (Wildman–Crippen LogP) is -0.832. The van der Waals surface area contributed by atoms with Crippen molar-refractivity contribution >= 4 is 91.2 Å². The van der Waals surface area contributed by atoms with E-state index in [-0.39, 0.29) is 52.3 Å². The lowest BCUT2D eigenvalue weighted by Gasteiger charge is -2.28. The number of benzene rings is 1. The molecule has 39 heavy (non-hydrogen) atoms. The van der Waals surface area contributed by atoms with E-state index in [2.05, 4.69) is 10.6 Å². The summed E-state index contributed by atoms with van der Waals surface area (Å²) in [6.45, 7) is -0.580. The second-order valence-corrected chi connectivity index (χ2v) is 11.8. The van der Waals surface area contributed by atoms with Gasteiger partial charge in [0.05, 0.1) is 81.3 Å². The third-order valence-corrected chi connectivity index (χ3v) is 8.74. The van der Waals surface area contributed by atoms with Gasteiger partial charge in [0.15, 0.2) is 0 Å². The van der Waals surface area contributed by atoms with Gasteiger partial charge in [0.25, 0.3) is 11.8 Å². The quantitative estimate of drug-likeness (QED) is 0.0967. The summed E-state index contributed by atoms with van der Waals surface area (Å²) in [5, 5.41) is 62.5. The molecule has 4 unspecified atom stereocenters. The van der Waals surface area contributed by atoms with Crippen molar-refractivity contribution in [2.24, 2.45) is 0 Å². The molecule has 3 amide bonds. The number of ether oxygens (including phenoxy) is 1. The maximum absolute atomic E-state index is 13.5. The minimum atomic E-state index is -1.18. The average molecular weight is 893 g/mol. The van der Waals surface area contributed by atoms with Crippen molar-refractivity contribution < 1.29 is 49.8 Å². The first-order valence-electron chi connectivity index (χ1n) is 11.8. The summed E-state index contributed by atoms with van der Waals surface area (Å²) >= 11 is 5.64. The van der Waals surface area contributed by atoms with Gasteiger partial charge in [-0.1, -0.05) is 0 Å². The second kappa shape index (κ2) is 18.2. The number of carbonyl (C=O) groups excluding carboxylic acids is 3. The number of aliphatic hydroxyl groups is 6. The summed E-state index contributed by atoms with van der Waals surface area (Å²) in [4.78, 5) is 41.0. The molecule has 0 spiro atoms. The SMILES string of the molecule is COCCN(C(C)=O)c1c(I)c(C(=O)NC(CO)CC(O)CO)c(I)c(C(=O)NC(CO)CC(O)CO)c1I. The number of carbonyl (C=O) groups is 3. The largest absolute Gasteiger partial charge is 0.394 e. The number of halogens is 3. The molecule has 1 rings (SSSR count). The van der Waals surface area contributed by atoms with Crippen LogP contribution in [0.4, 0.5) is 5.69 Å². The predicted molar refractivity (Wildman–Crippen MR) is 167 cm³/mol. The summed E-state index contributed by atoms with van der Waals surface area (Å²) < 4.78 is 6.03. The molecule has 1 aromatic rings. The molecule has 0 aliphatic rings. The molecule has 0 bridgehead atoms. The molecular formula is C23H34I3N3O10. The van der Waals surface area contributed by atoms with Crippen LogP contribution in [-0.2, 0) is 9.53 Å². The molecule has 0 heterocycles. The van der Waals surface area contributed by atoms with Gasteiger partial charge in [-0.25, -0.2) is 0 Å². The summed E-state index contributed by atoms with van der Waals surface area (Å²) in [6, 6.07) is -1.83. The normalized spacial score (nSPS) is 14.3. The van der Waals surface area contributed by atoms with Gasteiger partial charge >= 0.3 is 0 Å². The smallest absolute Gasteiger partial charge is 0.253 e. The van der Waals surface area contributed by atoms with Gasteiger partial charge in [-0.15, -0.1) is 0 Å². The fourth-order valence-electron chi connectivity index (χ4n) is 3.58. The number of nitrogens with one attached hydrogen (secondary N) is 2. The van der Waals surface area contributed by atoms with Crippen molar-refractivity contribution in [1.82, 2.24) is 10.6 Å². The van der Waals surface area contributed by atoms with Crippen molar-refractivity contribution in [3.05, 3.63) is 21.8 Å². The third-order valence-electron chi connectivity index (χ3n) is 5.56. The van der Waals surface area contributed by atoms with E-state index < -0.39 is 62.5 Å². The Hall–Kier alpha value is -0.460. The molecule has 13 nitrogen and oxygen atoms in total. The molecule has 0 aliphatic carbocycles. The Bertz CT molecular complexity index is 940. The van der Waals surface area contributed by atoms with Crippen LogP contribution in [0.3, 0.4) is 0 Å². The van der Waals surface area contributed by atoms with Gasteiger partial charge in [-0.3, -0.25) is 14.4 Å². The van der Waals surface area contributed by atoms with Gasteiger partial charge in [-0.05, 0) is 80.6 Å². The van der Waals surface area contributed by atoms with Crippen LogP contribution in [0.2, 0.25) is 0 Å². The van der Waals surface area contributed by atoms with Gasteiger partial charge in [0.1, 0.15) is 0 Å². The van der Waals surface area contributed by atoms with E-state index in [4.69, 9.17) is 14.9 Å². The van der Waals surface area contributed by atoms with E-state index >= 15 is 0 Å². The number of hydrogen-bond acceptors (Lipinski definition) is 10. The minimum Gasteiger partial charge on any atom is -0.394 e. The summed E-state index contributed by atoms with van der Waals surface area (Å²) in [6.07, 6.45) is -2.62. The van der Waals surface area contributed by atoms with E-state index in [1.54, 1.807) is 0 Å². The maximum Gasteiger partial charge on any atom is 0.253 e. The van der Waals surface area contributed by atoms with Crippen molar-refractivity contribution in [3.63, 3.8) is 0 Å². The number of rotatable bonds is 16. The van der Waals surface area contributed by atoms with E-state index in [0.29, 0.717) is 7.14 Å². The number of hydrogen-bond donors (Lipinski definition) is 8. The van der Waals surface area contributed by atoms with Gasteiger partial charge in [0, 0.05) is 24.1 Å². The molecule has 0 aromatic heterocycles. The molecule has 8 N–H and O–H groups in total. The molecule has 0 aliphatic heterocycles. The molecular weight excluding hydrogens is 859 g/mol. The number of aliphatic hydroxyl groups excluding tert-OH is 6. The third kappa shape index (κ3) is 10.4. The van der Waals surface area contributed by atoms with E-state index in [9.17, 15) is 34.8 Å². The number of anilines is 1. The van der Waals surface area contributed by atoms with Gasteiger partial charge in [-0.2, -0.15) is 0 Å². The van der Waals surface area contributed by atoms with Crippen LogP contribution < -0.4 is 15.5 Å². The van der Waals surface area contributed by atoms with Crippen LogP contribution in [0.5, 0.6) is 0 Å². The first-order valence-corrected chi connectivity index (χ1v) is 15.0. The average Bonchev–Trinajstić information content (AvgIpc) is 2.88. The molecule has 222 valence electrons. The van der Waals surface area contributed by atoms with E-state index in [0.717, 1.165) is 0 Å². The topological polar surface area (TPSA) is 209 Å². The first-order chi connectivity index (χ1) is 18.4. The Morgan fingerprint density at radius 1 is 0.795 bits per heavy atom. The van der Waals surface area contributed by atoms with Crippen LogP contribution in [-0.4, -0.2) is 119 Å². The Morgan fingerprint density at radius 2 is 1.21 bits per heavy atom. The fourth-order valence-corrected chi connectivity index (χ4v) is 8.30. The highest BCUT2D eigenvalue weighted by molar-refractivity contribution is 14.1. The molecule has 16 heteroatoms. The fraction of sp³-hybridized carbons (Fsp3) is 0.609. The van der Waals surface area contributed by atoms with Gasteiger partial charge < -0.3 is 50.9 Å². The van der Waals surface area contributed by atoms with Crippen LogP contribution in [0.15, 0.2) is 0 Å². The number of nitrogens with zero attached hydrogens (tertiary/aromatic N) is 1. The van der Waals surface area contributed by atoms with E-state index in [1.165, 1.54) is 18.9 Å². The molecule has 1 aromatic carbocycles. The van der Waals surface area contributed by atoms with Crippen LogP contribution in [0.25, 0.3) is 0 Å². The standard InChI is InChI=1S/C23H34I3N3O10/c1-11(34)29(3-4-39-2)21-19(25)16(22(37)27-12(7-30)5-14(35)9-32)18(24)17(20(21)26)23(38)28-13(8-31)6-15(36)10-33/h12-15,30-33,35-36H,3-10H2,1-2H3,(H,27,37)(H,28,38).